The van der Waals surface area contributed by atoms with Crippen LogP contribution in [-0.2, 0) is 29.2 Å². The van der Waals surface area contributed by atoms with Crippen LogP contribution < -0.4 is 10.6 Å². The van der Waals surface area contributed by atoms with E-state index in [2.05, 4.69) is 15.6 Å². The Morgan fingerprint density at radius 1 is 1.28 bits per heavy atom. The fraction of sp³-hybridized carbons (Fsp3) is 0.412. The van der Waals surface area contributed by atoms with Crippen LogP contribution in [0, 0.1) is 0 Å². The zero-order valence-corrected chi connectivity index (χ0v) is 17.2. The lowest BCUT2D eigenvalue weighted by Gasteiger charge is -2.26. The molecule has 2 amide bonds. The molecule has 29 heavy (non-hydrogen) atoms. The summed E-state index contributed by atoms with van der Waals surface area (Å²) in [5.74, 6) is 0. The van der Waals surface area contributed by atoms with Gasteiger partial charge in [0.15, 0.2) is 5.13 Å². The van der Waals surface area contributed by atoms with Crippen molar-refractivity contribution in [3.63, 3.8) is 0 Å². The Morgan fingerprint density at radius 2 is 2.00 bits per heavy atom. The van der Waals surface area contributed by atoms with Crippen LogP contribution in [0.25, 0.3) is 0 Å². The van der Waals surface area contributed by atoms with Gasteiger partial charge in [0.1, 0.15) is 0 Å². The second-order valence-corrected chi connectivity index (χ2v) is 10.3. The zero-order valence-electron chi connectivity index (χ0n) is 15.6. The van der Waals surface area contributed by atoms with Crippen molar-refractivity contribution in [2.24, 2.45) is 0 Å². The van der Waals surface area contributed by atoms with Crippen LogP contribution >= 0.6 is 11.3 Å². The molecule has 0 aliphatic carbocycles. The Morgan fingerprint density at radius 3 is 2.66 bits per heavy atom. The molecular formula is C17H19F3N4O3S2. The number of fused-ring (bicyclic) bond motifs is 1. The first kappa shape index (κ1) is 21.5. The topological polar surface area (TPSA) is 91.4 Å². The van der Waals surface area contributed by atoms with Crippen LogP contribution in [0.15, 0.2) is 24.3 Å². The quantitative estimate of drug-likeness (QED) is 0.742. The molecule has 2 N–H and O–H groups in total. The van der Waals surface area contributed by atoms with E-state index in [1.54, 1.807) is 13.8 Å². The largest absolute Gasteiger partial charge is 0.416 e. The number of amides is 2. The third-order valence-corrected chi connectivity index (χ3v) is 7.54. The summed E-state index contributed by atoms with van der Waals surface area (Å²) < 4.78 is 64.4. The summed E-state index contributed by atoms with van der Waals surface area (Å²) in [6.07, 6.45) is -4.08. The normalized spacial score (nSPS) is 15.2. The van der Waals surface area contributed by atoms with Gasteiger partial charge in [-0.2, -0.15) is 17.5 Å². The van der Waals surface area contributed by atoms with Gasteiger partial charge in [-0.05, 0) is 32.0 Å². The number of nitrogens with one attached hydrogen (secondary N) is 2. The van der Waals surface area contributed by atoms with Gasteiger partial charge >= 0.3 is 12.2 Å². The number of alkyl halides is 3. The van der Waals surface area contributed by atoms with Crippen LogP contribution in [0.3, 0.4) is 0 Å². The van der Waals surface area contributed by atoms with Gasteiger partial charge in [-0.3, -0.25) is 5.32 Å². The molecule has 1 aromatic carbocycles. The maximum Gasteiger partial charge on any atom is 0.416 e. The molecule has 3 rings (SSSR count). The lowest BCUT2D eigenvalue weighted by molar-refractivity contribution is -0.137. The summed E-state index contributed by atoms with van der Waals surface area (Å²) in [5.41, 5.74) is -0.168. The Hall–Kier alpha value is -2.18. The summed E-state index contributed by atoms with van der Waals surface area (Å²) in [6.45, 7) is 3.73. The number of sulfonamides is 1. The number of aromatic nitrogens is 1. The molecule has 1 aliphatic rings. The molecule has 1 aromatic heterocycles. The SMILES string of the molecule is CC(C)S(=O)(=O)N1CCc2nc(NC(=O)Nc3cccc(C(F)(F)F)c3)sc2C1. The minimum Gasteiger partial charge on any atom is -0.308 e. The first-order chi connectivity index (χ1) is 13.5. The first-order valence-corrected chi connectivity index (χ1v) is 11.0. The van der Waals surface area contributed by atoms with Crippen molar-refractivity contribution >= 4 is 38.2 Å². The van der Waals surface area contributed by atoms with E-state index in [0.717, 1.165) is 28.3 Å². The highest BCUT2D eigenvalue weighted by Crippen LogP contribution is 2.32. The standard InChI is InChI=1S/C17H19F3N4O3S2/c1-10(2)29(26,27)24-7-6-13-14(9-24)28-16(22-13)23-15(25)21-12-5-3-4-11(8-12)17(18,19)20/h3-5,8,10H,6-7,9H2,1-2H3,(H2,21,22,23,25). The summed E-state index contributed by atoms with van der Waals surface area (Å²) in [7, 11) is -3.39. The predicted octanol–water partition coefficient (Wildman–Crippen LogP) is 3.90. The fourth-order valence-electron chi connectivity index (χ4n) is 2.77. The molecule has 0 saturated carbocycles. The molecule has 2 aromatic rings. The van der Waals surface area contributed by atoms with E-state index in [9.17, 15) is 26.4 Å². The van der Waals surface area contributed by atoms with E-state index in [0.29, 0.717) is 18.7 Å². The van der Waals surface area contributed by atoms with Crippen LogP contribution in [0.2, 0.25) is 0 Å². The number of thiazole rings is 1. The summed E-state index contributed by atoms with van der Waals surface area (Å²) >= 11 is 1.14. The number of halogens is 3. The van der Waals surface area contributed by atoms with E-state index in [4.69, 9.17) is 0 Å². The minimum atomic E-state index is -4.51. The molecule has 0 radical (unpaired) electrons. The predicted molar refractivity (Wildman–Crippen MR) is 104 cm³/mol. The van der Waals surface area contributed by atoms with Gasteiger partial charge in [0.05, 0.1) is 16.5 Å². The molecule has 0 fully saturated rings. The van der Waals surface area contributed by atoms with Gasteiger partial charge in [-0.1, -0.05) is 17.4 Å². The maximum absolute atomic E-state index is 12.8. The van der Waals surface area contributed by atoms with E-state index < -0.39 is 33.0 Å². The highest BCUT2D eigenvalue weighted by Gasteiger charge is 2.32. The summed E-state index contributed by atoms with van der Waals surface area (Å²) in [5, 5.41) is 4.55. The number of hydrogen-bond donors (Lipinski definition) is 2. The molecule has 12 heteroatoms. The summed E-state index contributed by atoms with van der Waals surface area (Å²) in [6, 6.07) is 3.55. The molecule has 0 saturated heterocycles. The molecule has 0 bridgehead atoms. The van der Waals surface area contributed by atoms with E-state index in [1.807, 2.05) is 0 Å². The third kappa shape index (κ3) is 4.87. The molecular weight excluding hydrogens is 429 g/mol. The van der Waals surface area contributed by atoms with Crippen molar-refractivity contribution in [2.45, 2.75) is 38.2 Å². The molecule has 0 unspecified atom stereocenters. The first-order valence-electron chi connectivity index (χ1n) is 8.69. The van der Waals surface area contributed by atoms with Crippen molar-refractivity contribution in [1.82, 2.24) is 9.29 Å². The average Bonchev–Trinajstić information content (AvgIpc) is 3.02. The van der Waals surface area contributed by atoms with Gasteiger partial charge in [-0.25, -0.2) is 18.2 Å². The van der Waals surface area contributed by atoms with Crippen LogP contribution in [0.5, 0.6) is 0 Å². The lowest BCUT2D eigenvalue weighted by atomic mass is 10.2. The van der Waals surface area contributed by atoms with E-state index >= 15 is 0 Å². The van der Waals surface area contributed by atoms with Crippen LogP contribution in [-0.4, -0.2) is 35.5 Å². The Kier molecular flexibility index (Phi) is 5.88. The molecule has 1 aliphatic heterocycles. The minimum absolute atomic E-state index is 0.00662. The highest BCUT2D eigenvalue weighted by atomic mass is 32.2. The highest BCUT2D eigenvalue weighted by molar-refractivity contribution is 7.89. The van der Waals surface area contributed by atoms with Gasteiger partial charge in [0, 0.05) is 30.1 Å². The second-order valence-electron chi connectivity index (χ2n) is 6.72. The van der Waals surface area contributed by atoms with Gasteiger partial charge in [-0.15, -0.1) is 0 Å². The molecule has 0 spiro atoms. The van der Waals surface area contributed by atoms with E-state index in [1.165, 1.54) is 16.4 Å². The summed E-state index contributed by atoms with van der Waals surface area (Å²) in [4.78, 5) is 17.2. The number of urea groups is 1. The van der Waals surface area contributed by atoms with Gasteiger partial charge < -0.3 is 5.32 Å². The zero-order chi connectivity index (χ0) is 21.4. The van der Waals surface area contributed by atoms with Crippen molar-refractivity contribution in [3.8, 4) is 0 Å². The Balaban J connectivity index is 1.67. The number of rotatable bonds is 4. The number of carbonyl (C=O) groups is 1. The number of benzene rings is 1. The Bertz CT molecular complexity index is 1020. The third-order valence-electron chi connectivity index (χ3n) is 4.32. The molecule has 0 atom stereocenters. The number of hydrogen-bond acceptors (Lipinski definition) is 5. The van der Waals surface area contributed by atoms with Crippen molar-refractivity contribution in [3.05, 3.63) is 40.4 Å². The number of anilines is 2. The number of carbonyl (C=O) groups excluding carboxylic acids is 1. The maximum atomic E-state index is 12.8. The van der Waals surface area contributed by atoms with Crippen molar-refractivity contribution in [2.75, 3.05) is 17.2 Å². The molecule has 2 heterocycles. The monoisotopic (exact) mass is 448 g/mol. The smallest absolute Gasteiger partial charge is 0.308 e. The number of nitrogens with zero attached hydrogens (tertiary/aromatic N) is 2. The van der Waals surface area contributed by atoms with E-state index in [-0.39, 0.29) is 17.4 Å². The Labute approximate surface area is 170 Å². The van der Waals surface area contributed by atoms with Crippen molar-refractivity contribution < 1.29 is 26.4 Å². The molecule has 7 nitrogen and oxygen atoms in total. The average molecular weight is 448 g/mol. The van der Waals surface area contributed by atoms with Crippen LogP contribution in [0.4, 0.5) is 28.8 Å². The van der Waals surface area contributed by atoms with Crippen LogP contribution in [0.1, 0.15) is 30.0 Å². The lowest BCUT2D eigenvalue weighted by Crippen LogP contribution is -2.39. The van der Waals surface area contributed by atoms with Crippen molar-refractivity contribution in [1.29, 1.82) is 0 Å². The van der Waals surface area contributed by atoms with Gasteiger partial charge in [0.2, 0.25) is 10.0 Å². The van der Waals surface area contributed by atoms with Gasteiger partial charge in [0.25, 0.3) is 0 Å². The second kappa shape index (κ2) is 7.92. The molecule has 158 valence electrons. The fourth-order valence-corrected chi connectivity index (χ4v) is 5.13.